The molecule has 1 aliphatic heterocycles. The highest BCUT2D eigenvalue weighted by molar-refractivity contribution is 6.64. The fourth-order valence-electron chi connectivity index (χ4n) is 2.22. The van der Waals surface area contributed by atoms with Crippen LogP contribution in [0.2, 0.25) is 0 Å². The molecule has 1 rings (SSSR count). The second kappa shape index (κ2) is 4.62. The molecule has 1 heterocycles. The van der Waals surface area contributed by atoms with Crippen molar-refractivity contribution in [3.63, 3.8) is 0 Å². The summed E-state index contributed by atoms with van der Waals surface area (Å²) in [6.45, 7) is 6.33. The molecule has 5 heteroatoms. The maximum atomic E-state index is 11.1. The summed E-state index contributed by atoms with van der Waals surface area (Å²) in [6.07, 6.45) is 0.139. The Hall–Kier alpha value is -0.770. The van der Waals surface area contributed by atoms with E-state index in [0.717, 1.165) is 0 Å². The van der Waals surface area contributed by atoms with Gasteiger partial charge in [-0.25, -0.2) is 4.79 Å². The van der Waals surface area contributed by atoms with Crippen LogP contribution < -0.4 is 0 Å². The van der Waals surface area contributed by atoms with Gasteiger partial charge in [-0.05, 0) is 29.9 Å². The Morgan fingerprint density at radius 3 is 2.31 bits per heavy atom. The van der Waals surface area contributed by atoms with Crippen molar-refractivity contribution < 1.29 is 14.7 Å². The van der Waals surface area contributed by atoms with Gasteiger partial charge in [-0.15, -0.1) is 0 Å². The number of likely N-dealkylation sites (tertiary alicyclic amines) is 1. The van der Waals surface area contributed by atoms with Crippen LogP contribution in [0.1, 0.15) is 33.6 Å². The molecule has 2 atom stereocenters. The average Bonchev–Trinajstić information content (AvgIpc) is 2.15. The maximum Gasteiger partial charge on any atom is 0.407 e. The summed E-state index contributed by atoms with van der Waals surface area (Å²) in [5.74, 6) is -0.207. The normalized spacial score (nSPS) is 26.6. The molecule has 0 spiro atoms. The predicted molar refractivity (Wildman–Crippen MR) is 61.6 cm³/mol. The number of hydrogen-bond donors (Lipinski definition) is 1. The molecule has 0 radical (unpaired) electrons. The van der Waals surface area contributed by atoms with Crippen LogP contribution in [0.4, 0.5) is 4.79 Å². The van der Waals surface area contributed by atoms with Gasteiger partial charge in [-0.3, -0.25) is 4.79 Å². The molecule has 1 amide bonds. The molecule has 0 aromatic heterocycles. The Labute approximate surface area is 101 Å². The number of nitrogens with zero attached hydrogens (tertiary/aromatic N) is 1. The third kappa shape index (κ3) is 2.88. The van der Waals surface area contributed by atoms with Crippen molar-refractivity contribution in [2.24, 2.45) is 11.3 Å². The number of carboxylic acid groups (broad SMARTS) is 1. The first-order valence-electron chi connectivity index (χ1n) is 5.42. The molecule has 0 aromatic rings. The number of hydrogen-bond acceptors (Lipinski definition) is 2. The summed E-state index contributed by atoms with van der Waals surface area (Å²) in [5, 5.41) is 8.76. The molecule has 16 heavy (non-hydrogen) atoms. The van der Waals surface area contributed by atoms with E-state index in [4.69, 9.17) is 16.7 Å². The zero-order chi connectivity index (χ0) is 12.5. The quantitative estimate of drug-likeness (QED) is 0.725. The van der Waals surface area contributed by atoms with Crippen molar-refractivity contribution in [3.8, 4) is 0 Å². The molecule has 1 saturated heterocycles. The van der Waals surface area contributed by atoms with E-state index in [1.54, 1.807) is 0 Å². The number of piperidine rings is 1. The van der Waals surface area contributed by atoms with Gasteiger partial charge >= 0.3 is 6.09 Å². The van der Waals surface area contributed by atoms with Gasteiger partial charge in [-0.1, -0.05) is 20.8 Å². The molecule has 2 unspecified atom stereocenters. The first-order chi connectivity index (χ1) is 7.23. The highest BCUT2D eigenvalue weighted by Gasteiger charge is 2.40. The van der Waals surface area contributed by atoms with Crippen LogP contribution in [0.3, 0.4) is 0 Å². The Kier molecular flexibility index (Phi) is 3.84. The molecular weight excluding hydrogens is 230 g/mol. The minimum absolute atomic E-state index is 0.147. The zero-order valence-electron chi connectivity index (χ0n) is 9.86. The first-order valence-corrected chi connectivity index (χ1v) is 5.80. The molecule has 92 valence electrons. The SMILES string of the molecule is CC(C)(C)C1CC(C(=O)Cl)CCN1C(=O)O. The van der Waals surface area contributed by atoms with E-state index in [1.165, 1.54) is 4.90 Å². The standard InChI is InChI=1S/C11H18ClNO3/c1-11(2,3)8-6-7(9(12)14)4-5-13(8)10(15)16/h7-8H,4-6H2,1-3H3,(H,15,16). The van der Waals surface area contributed by atoms with E-state index in [9.17, 15) is 9.59 Å². The maximum absolute atomic E-state index is 11.1. The smallest absolute Gasteiger partial charge is 0.407 e. The number of rotatable bonds is 1. The summed E-state index contributed by atoms with van der Waals surface area (Å²) < 4.78 is 0. The predicted octanol–water partition coefficient (Wildman–Crippen LogP) is 2.56. The van der Waals surface area contributed by atoms with Gasteiger partial charge in [0.05, 0.1) is 0 Å². The minimum atomic E-state index is -0.916. The third-order valence-electron chi connectivity index (χ3n) is 3.17. The van der Waals surface area contributed by atoms with E-state index in [2.05, 4.69) is 0 Å². The van der Waals surface area contributed by atoms with E-state index < -0.39 is 6.09 Å². The van der Waals surface area contributed by atoms with Crippen molar-refractivity contribution in [2.75, 3.05) is 6.54 Å². The average molecular weight is 248 g/mol. The lowest BCUT2D eigenvalue weighted by Crippen LogP contribution is -2.52. The van der Waals surface area contributed by atoms with Gasteiger partial charge in [0.15, 0.2) is 0 Å². The Bertz CT molecular complexity index is 298. The van der Waals surface area contributed by atoms with Crippen molar-refractivity contribution in [2.45, 2.75) is 39.7 Å². The molecule has 0 saturated carbocycles. The number of carbonyl (C=O) groups is 2. The fraction of sp³-hybridized carbons (Fsp3) is 0.818. The third-order valence-corrected chi connectivity index (χ3v) is 3.48. The highest BCUT2D eigenvalue weighted by atomic mass is 35.5. The minimum Gasteiger partial charge on any atom is -0.465 e. The largest absolute Gasteiger partial charge is 0.465 e. The molecule has 4 nitrogen and oxygen atoms in total. The van der Waals surface area contributed by atoms with Gasteiger partial charge in [0, 0.05) is 18.5 Å². The summed E-state index contributed by atoms with van der Waals surface area (Å²) in [5.41, 5.74) is -0.177. The van der Waals surface area contributed by atoms with Gasteiger partial charge in [0.1, 0.15) is 0 Å². The molecule has 1 N–H and O–H groups in total. The summed E-state index contributed by atoms with van der Waals surface area (Å²) in [7, 11) is 0. The van der Waals surface area contributed by atoms with Crippen molar-refractivity contribution in [1.29, 1.82) is 0 Å². The molecular formula is C11H18ClNO3. The van der Waals surface area contributed by atoms with Gasteiger partial charge in [0.25, 0.3) is 0 Å². The van der Waals surface area contributed by atoms with Crippen LogP contribution in [-0.4, -0.2) is 33.9 Å². The molecule has 0 aromatic carbocycles. The Morgan fingerprint density at radius 2 is 1.94 bits per heavy atom. The van der Waals surface area contributed by atoms with Crippen LogP contribution in [0.15, 0.2) is 0 Å². The van der Waals surface area contributed by atoms with Crippen molar-refractivity contribution in [3.05, 3.63) is 0 Å². The monoisotopic (exact) mass is 247 g/mol. The molecule has 0 aliphatic carbocycles. The highest BCUT2D eigenvalue weighted by Crippen LogP contribution is 2.35. The van der Waals surface area contributed by atoms with Crippen LogP contribution in [0.5, 0.6) is 0 Å². The number of halogens is 1. The van der Waals surface area contributed by atoms with E-state index >= 15 is 0 Å². The number of carbonyl (C=O) groups excluding carboxylic acids is 1. The van der Waals surface area contributed by atoms with Crippen LogP contribution >= 0.6 is 11.6 Å². The van der Waals surface area contributed by atoms with E-state index in [1.807, 2.05) is 20.8 Å². The van der Waals surface area contributed by atoms with Crippen molar-refractivity contribution in [1.82, 2.24) is 4.90 Å². The molecule has 1 aliphatic rings. The number of amides is 1. The summed E-state index contributed by atoms with van der Waals surface area (Å²) in [6, 6.07) is -0.147. The van der Waals surface area contributed by atoms with Crippen LogP contribution in [0.25, 0.3) is 0 Å². The second-order valence-corrected chi connectivity index (χ2v) is 5.76. The van der Waals surface area contributed by atoms with E-state index in [0.29, 0.717) is 19.4 Å². The van der Waals surface area contributed by atoms with Crippen LogP contribution in [-0.2, 0) is 4.79 Å². The first kappa shape index (κ1) is 13.3. The lowest BCUT2D eigenvalue weighted by molar-refractivity contribution is -0.117. The van der Waals surface area contributed by atoms with Gasteiger partial charge in [-0.2, -0.15) is 0 Å². The lowest BCUT2D eigenvalue weighted by atomic mass is 9.77. The summed E-state index contributed by atoms with van der Waals surface area (Å²) in [4.78, 5) is 23.7. The second-order valence-electron chi connectivity index (χ2n) is 5.38. The van der Waals surface area contributed by atoms with Gasteiger partial charge in [0.2, 0.25) is 5.24 Å². The van der Waals surface area contributed by atoms with Crippen molar-refractivity contribution >= 4 is 22.9 Å². The Balaban J connectivity index is 2.86. The zero-order valence-corrected chi connectivity index (χ0v) is 10.6. The Morgan fingerprint density at radius 1 is 1.38 bits per heavy atom. The topological polar surface area (TPSA) is 57.6 Å². The van der Waals surface area contributed by atoms with E-state index in [-0.39, 0.29) is 22.6 Å². The lowest BCUT2D eigenvalue weighted by Gasteiger charge is -2.43. The summed E-state index contributed by atoms with van der Waals surface area (Å²) >= 11 is 5.49. The van der Waals surface area contributed by atoms with Gasteiger partial charge < -0.3 is 10.0 Å². The molecule has 1 fully saturated rings. The molecule has 0 bridgehead atoms. The fourth-order valence-corrected chi connectivity index (χ4v) is 2.42. The van der Waals surface area contributed by atoms with Crippen LogP contribution in [0, 0.1) is 11.3 Å².